The average Bonchev–Trinajstić information content (AvgIpc) is 2.76. The molecule has 0 aromatic rings. The quantitative estimate of drug-likeness (QED) is 0.687. The Balaban J connectivity index is 2.08. The minimum atomic E-state index is -0.490. The second-order valence-corrected chi connectivity index (χ2v) is 6.12. The molecule has 0 radical (unpaired) electrons. The summed E-state index contributed by atoms with van der Waals surface area (Å²) in [7, 11) is 0. The Bertz CT molecular complexity index is 374. The molecular weight excluding hydrogens is 258 g/mol. The van der Waals surface area contributed by atoms with E-state index in [2.05, 4.69) is 10.6 Å². The lowest BCUT2D eigenvalue weighted by Crippen LogP contribution is -2.42. The van der Waals surface area contributed by atoms with E-state index in [0.29, 0.717) is 19.5 Å². The summed E-state index contributed by atoms with van der Waals surface area (Å²) in [6.07, 6.45) is 2.32. The lowest BCUT2D eigenvalue weighted by molar-refractivity contribution is -0.131. The molecule has 3 amide bonds. The first-order chi connectivity index (χ1) is 9.30. The Hall–Kier alpha value is -1.59. The van der Waals surface area contributed by atoms with Crippen LogP contribution in [0.25, 0.3) is 0 Å². The SMILES string of the molecule is CC(C)(C)C(=O)NCC(=O)NCCCN1CCCC1=O. The normalized spacial score (nSPS) is 15.3. The standard InChI is InChI=1S/C14H25N3O3/c1-14(2,3)13(20)16-10-11(18)15-7-5-9-17-8-4-6-12(17)19/h4-10H2,1-3H3,(H,15,18)(H,16,20). The number of nitrogens with one attached hydrogen (secondary N) is 2. The molecule has 0 aromatic carbocycles. The van der Waals surface area contributed by atoms with Gasteiger partial charge >= 0.3 is 0 Å². The third kappa shape index (κ3) is 5.59. The number of likely N-dealkylation sites (tertiary alicyclic amines) is 1. The summed E-state index contributed by atoms with van der Waals surface area (Å²) >= 11 is 0. The summed E-state index contributed by atoms with van der Waals surface area (Å²) in [6.45, 7) is 7.43. The van der Waals surface area contributed by atoms with E-state index >= 15 is 0 Å². The van der Waals surface area contributed by atoms with Crippen LogP contribution in [0.3, 0.4) is 0 Å². The van der Waals surface area contributed by atoms with Crippen LogP contribution >= 0.6 is 0 Å². The lowest BCUT2D eigenvalue weighted by Gasteiger charge is -2.17. The molecule has 0 unspecified atom stereocenters. The van der Waals surface area contributed by atoms with Crippen molar-refractivity contribution in [3.05, 3.63) is 0 Å². The summed E-state index contributed by atoms with van der Waals surface area (Å²) in [5, 5.41) is 5.33. The van der Waals surface area contributed by atoms with Gasteiger partial charge in [0.15, 0.2) is 0 Å². The minimum Gasteiger partial charge on any atom is -0.355 e. The molecule has 1 saturated heterocycles. The predicted octanol–water partition coefficient (Wildman–Crippen LogP) is 0.277. The highest BCUT2D eigenvalue weighted by Gasteiger charge is 2.21. The number of carbonyl (C=O) groups excluding carboxylic acids is 3. The van der Waals surface area contributed by atoms with Crippen molar-refractivity contribution in [1.29, 1.82) is 0 Å². The molecule has 0 bridgehead atoms. The molecule has 6 heteroatoms. The van der Waals surface area contributed by atoms with E-state index in [4.69, 9.17) is 0 Å². The Morgan fingerprint density at radius 2 is 1.95 bits per heavy atom. The van der Waals surface area contributed by atoms with Crippen molar-refractivity contribution < 1.29 is 14.4 Å². The van der Waals surface area contributed by atoms with Crippen molar-refractivity contribution in [2.24, 2.45) is 5.41 Å². The zero-order valence-corrected chi connectivity index (χ0v) is 12.6. The van der Waals surface area contributed by atoms with Crippen LogP contribution in [0, 0.1) is 5.41 Å². The van der Waals surface area contributed by atoms with Gasteiger partial charge < -0.3 is 15.5 Å². The summed E-state index contributed by atoms with van der Waals surface area (Å²) < 4.78 is 0. The largest absolute Gasteiger partial charge is 0.355 e. The number of nitrogens with zero attached hydrogens (tertiary/aromatic N) is 1. The summed E-state index contributed by atoms with van der Waals surface area (Å²) in [4.78, 5) is 36.3. The summed E-state index contributed by atoms with van der Waals surface area (Å²) in [6, 6.07) is 0. The van der Waals surface area contributed by atoms with Crippen molar-refractivity contribution >= 4 is 17.7 Å². The molecule has 0 saturated carbocycles. The van der Waals surface area contributed by atoms with E-state index in [-0.39, 0.29) is 24.3 Å². The van der Waals surface area contributed by atoms with Gasteiger partial charge in [0.1, 0.15) is 0 Å². The maximum atomic E-state index is 11.6. The lowest BCUT2D eigenvalue weighted by atomic mass is 9.96. The molecule has 1 heterocycles. The number of rotatable bonds is 6. The Labute approximate surface area is 120 Å². The summed E-state index contributed by atoms with van der Waals surface area (Å²) in [5.74, 6) is -0.139. The molecule has 1 fully saturated rings. The van der Waals surface area contributed by atoms with Crippen molar-refractivity contribution in [2.45, 2.75) is 40.0 Å². The Morgan fingerprint density at radius 3 is 2.50 bits per heavy atom. The van der Waals surface area contributed by atoms with Crippen LogP contribution in [0.1, 0.15) is 40.0 Å². The van der Waals surface area contributed by atoms with Crippen LogP contribution in [0.2, 0.25) is 0 Å². The highest BCUT2D eigenvalue weighted by Crippen LogP contribution is 2.12. The van der Waals surface area contributed by atoms with Crippen molar-refractivity contribution in [2.75, 3.05) is 26.2 Å². The van der Waals surface area contributed by atoms with Crippen molar-refractivity contribution in [1.82, 2.24) is 15.5 Å². The third-order valence-electron chi connectivity index (χ3n) is 3.19. The molecule has 6 nitrogen and oxygen atoms in total. The van der Waals surface area contributed by atoms with Crippen LogP contribution in [0.15, 0.2) is 0 Å². The van der Waals surface area contributed by atoms with Crippen molar-refractivity contribution in [3.8, 4) is 0 Å². The van der Waals surface area contributed by atoms with E-state index in [1.807, 2.05) is 4.90 Å². The Morgan fingerprint density at radius 1 is 1.25 bits per heavy atom. The van der Waals surface area contributed by atoms with Crippen LogP contribution in [-0.4, -0.2) is 48.8 Å². The second kappa shape index (κ2) is 7.26. The van der Waals surface area contributed by atoms with Crippen molar-refractivity contribution in [3.63, 3.8) is 0 Å². The zero-order chi connectivity index (χ0) is 15.2. The van der Waals surface area contributed by atoms with Gasteiger partial charge in [0.25, 0.3) is 0 Å². The molecule has 1 aliphatic heterocycles. The maximum absolute atomic E-state index is 11.6. The van der Waals surface area contributed by atoms with Gasteiger partial charge in [-0.1, -0.05) is 20.8 Å². The molecule has 0 aromatic heterocycles. The molecule has 2 N–H and O–H groups in total. The minimum absolute atomic E-state index is 0.00124. The molecule has 114 valence electrons. The van der Waals surface area contributed by atoms with Gasteiger partial charge in [-0.2, -0.15) is 0 Å². The highest BCUT2D eigenvalue weighted by atomic mass is 16.2. The fourth-order valence-electron chi connectivity index (χ4n) is 1.93. The third-order valence-corrected chi connectivity index (χ3v) is 3.19. The first-order valence-electron chi connectivity index (χ1n) is 7.13. The number of hydrogen-bond donors (Lipinski definition) is 2. The van der Waals surface area contributed by atoms with Gasteiger partial charge in [0, 0.05) is 31.5 Å². The molecule has 1 rings (SSSR count). The fraction of sp³-hybridized carbons (Fsp3) is 0.786. The van der Waals surface area contributed by atoms with E-state index < -0.39 is 5.41 Å². The summed E-state index contributed by atoms with van der Waals surface area (Å²) in [5.41, 5.74) is -0.490. The molecule has 0 atom stereocenters. The zero-order valence-electron chi connectivity index (χ0n) is 12.6. The predicted molar refractivity (Wildman–Crippen MR) is 75.9 cm³/mol. The topological polar surface area (TPSA) is 78.5 Å². The van der Waals surface area contributed by atoms with Crippen LogP contribution in [0.5, 0.6) is 0 Å². The van der Waals surface area contributed by atoms with E-state index in [0.717, 1.165) is 19.4 Å². The van der Waals surface area contributed by atoms with E-state index in [1.54, 1.807) is 20.8 Å². The fourth-order valence-corrected chi connectivity index (χ4v) is 1.93. The van der Waals surface area contributed by atoms with Crippen LogP contribution in [-0.2, 0) is 14.4 Å². The Kier molecular flexibility index (Phi) is 5.98. The molecule has 0 aliphatic carbocycles. The van der Waals surface area contributed by atoms with Gasteiger partial charge in [-0.15, -0.1) is 0 Å². The molecule has 1 aliphatic rings. The van der Waals surface area contributed by atoms with Gasteiger partial charge in [-0.25, -0.2) is 0 Å². The number of carbonyl (C=O) groups is 3. The maximum Gasteiger partial charge on any atom is 0.239 e. The number of hydrogen-bond acceptors (Lipinski definition) is 3. The first kappa shape index (κ1) is 16.5. The molecule has 20 heavy (non-hydrogen) atoms. The highest BCUT2D eigenvalue weighted by molar-refractivity contribution is 5.87. The van der Waals surface area contributed by atoms with E-state index in [1.165, 1.54) is 0 Å². The van der Waals surface area contributed by atoms with Crippen LogP contribution < -0.4 is 10.6 Å². The van der Waals surface area contributed by atoms with Gasteiger partial charge in [0.2, 0.25) is 17.7 Å². The molecule has 0 spiro atoms. The van der Waals surface area contributed by atoms with Gasteiger partial charge in [-0.05, 0) is 12.8 Å². The average molecular weight is 283 g/mol. The number of amides is 3. The van der Waals surface area contributed by atoms with Gasteiger partial charge in [0.05, 0.1) is 6.54 Å². The second-order valence-electron chi connectivity index (χ2n) is 6.12. The monoisotopic (exact) mass is 283 g/mol. The van der Waals surface area contributed by atoms with E-state index in [9.17, 15) is 14.4 Å². The first-order valence-corrected chi connectivity index (χ1v) is 7.13. The smallest absolute Gasteiger partial charge is 0.239 e. The van der Waals surface area contributed by atoms with Gasteiger partial charge in [-0.3, -0.25) is 14.4 Å². The van der Waals surface area contributed by atoms with Crippen LogP contribution in [0.4, 0.5) is 0 Å². The molecular formula is C14H25N3O3.